The van der Waals surface area contributed by atoms with E-state index in [0.717, 1.165) is 67.1 Å². The zero-order chi connectivity index (χ0) is 63.6. The van der Waals surface area contributed by atoms with E-state index in [-0.39, 0.29) is 11.8 Å². The van der Waals surface area contributed by atoms with Crippen molar-refractivity contribution < 1.29 is 40.4 Å². The number of aromatic nitrogens is 4. The summed E-state index contributed by atoms with van der Waals surface area (Å²) in [5.74, 6) is -0.147. The third-order valence-corrected chi connectivity index (χ3v) is 18.3. The molecule has 3 heterocycles. The average Bonchev–Trinajstić information content (AvgIpc) is 1.71. The zero-order valence-electron chi connectivity index (χ0n) is 50.3. The molecule has 10 aromatic carbocycles. The lowest BCUT2D eigenvalue weighted by Crippen LogP contribution is -2.37. The van der Waals surface area contributed by atoms with Crippen molar-refractivity contribution in [2.75, 3.05) is 0 Å². The van der Waals surface area contributed by atoms with E-state index in [1.807, 2.05) is 142 Å². The van der Waals surface area contributed by atoms with E-state index >= 15 is 0 Å². The van der Waals surface area contributed by atoms with Crippen LogP contribution in [-0.4, -0.2) is 43.2 Å². The lowest BCUT2D eigenvalue weighted by atomic mass is 9.76. The first-order chi connectivity index (χ1) is 43.9. The standard InChI is InChI=1S/C40H34N2O2.C37H31F3N2O4S/c1-29(2)40(43,36-23-22-30-25-32(21-20-31(30)26-36)37-19-12-24-44-37)38-27-42(28-41-38)39(33-13-6-3-7-14-33,34-15-8-4-9-16-34)35-17-10-5-11-18-35;1-26(2)36(43,32-20-18-28-23-33(21-19-27(28)22-32)46-47(44,45)37(38,39)40)34-24-42(25-41-34)35(29-12-6-3-7-13-29,30-14-8-4-9-15-30)31-16-10-5-11-17-31/h3-29,43H,1-2H3;3-26,43H,1-2H3. The Labute approximate surface area is 526 Å². The van der Waals surface area contributed by atoms with E-state index in [1.165, 1.54) is 12.1 Å². The Bertz CT molecular complexity index is 4530. The first-order valence-corrected chi connectivity index (χ1v) is 31.3. The quantitative estimate of drug-likeness (QED) is 0.0523. The monoisotopic (exact) mass is 1230 g/mol. The number of nitrogens with zero attached hydrogens (tertiary/aromatic N) is 4. The summed E-state index contributed by atoms with van der Waals surface area (Å²) in [4.78, 5) is 9.76. The minimum absolute atomic E-state index is 0.148. The van der Waals surface area contributed by atoms with Gasteiger partial charge in [0.1, 0.15) is 33.8 Å². The van der Waals surface area contributed by atoms with Crippen LogP contribution in [0.2, 0.25) is 0 Å². The second kappa shape index (κ2) is 24.7. The number of alkyl halides is 3. The van der Waals surface area contributed by atoms with Crippen molar-refractivity contribution in [2.45, 2.75) is 55.5 Å². The molecule has 0 aliphatic rings. The third kappa shape index (κ3) is 11.1. The Kier molecular flexibility index (Phi) is 16.6. The van der Waals surface area contributed by atoms with Crippen LogP contribution in [0.3, 0.4) is 0 Å². The molecule has 10 nitrogen and oxygen atoms in total. The molecule has 13 rings (SSSR count). The van der Waals surface area contributed by atoms with Crippen LogP contribution in [0.5, 0.6) is 5.75 Å². The minimum atomic E-state index is -5.82. The summed E-state index contributed by atoms with van der Waals surface area (Å²) in [5, 5.41) is 28.2. The lowest BCUT2D eigenvalue weighted by Gasteiger charge is -2.37. The normalized spacial score (nSPS) is 13.6. The predicted octanol–water partition coefficient (Wildman–Crippen LogP) is 17.0. The Hall–Kier alpha value is -10.1. The van der Waals surface area contributed by atoms with Gasteiger partial charge >= 0.3 is 15.6 Å². The van der Waals surface area contributed by atoms with Crippen molar-refractivity contribution in [3.63, 3.8) is 0 Å². The summed E-state index contributed by atoms with van der Waals surface area (Å²) < 4.78 is 75.8. The molecule has 2 unspecified atom stereocenters. The maximum atomic E-state index is 12.9. The molecule has 0 spiro atoms. The fraction of sp³-hybridized carbons (Fsp3) is 0.143. The molecular weight excluding hydrogens is 1170 g/mol. The van der Waals surface area contributed by atoms with Gasteiger partial charge in [-0.1, -0.05) is 252 Å². The van der Waals surface area contributed by atoms with E-state index < -0.39 is 43.7 Å². The number of fused-ring (bicyclic) bond motifs is 2. The second-order valence-electron chi connectivity index (χ2n) is 23.3. The fourth-order valence-corrected chi connectivity index (χ4v) is 13.1. The van der Waals surface area contributed by atoms with Gasteiger partial charge in [0.05, 0.1) is 30.3 Å². The molecule has 0 fully saturated rings. The molecule has 2 N–H and O–H groups in total. The fourth-order valence-electron chi connectivity index (χ4n) is 12.7. The van der Waals surface area contributed by atoms with Gasteiger partial charge < -0.3 is 27.9 Å². The van der Waals surface area contributed by atoms with E-state index in [2.05, 4.69) is 148 Å². The first-order valence-electron chi connectivity index (χ1n) is 29.9. The van der Waals surface area contributed by atoms with E-state index in [1.54, 1.807) is 30.8 Å². The Balaban J connectivity index is 0.000000176. The van der Waals surface area contributed by atoms with E-state index in [9.17, 15) is 31.8 Å². The van der Waals surface area contributed by atoms with Gasteiger partial charge in [-0.05, 0) is 120 Å². The number of imidazole rings is 2. The average molecular weight is 1230 g/mol. The molecule has 0 saturated heterocycles. The van der Waals surface area contributed by atoms with Crippen LogP contribution >= 0.6 is 0 Å². The smallest absolute Gasteiger partial charge is 0.464 e. The molecule has 2 atom stereocenters. The van der Waals surface area contributed by atoms with Crippen molar-refractivity contribution in [3.8, 4) is 17.1 Å². The van der Waals surface area contributed by atoms with Gasteiger partial charge in [-0.2, -0.15) is 21.6 Å². The molecule has 456 valence electrons. The lowest BCUT2D eigenvalue weighted by molar-refractivity contribution is -0.0500. The number of aliphatic hydroxyl groups is 2. The van der Waals surface area contributed by atoms with Crippen molar-refractivity contribution in [3.05, 3.63) is 354 Å². The van der Waals surface area contributed by atoms with Crippen LogP contribution in [0.15, 0.2) is 303 Å². The molecule has 91 heavy (non-hydrogen) atoms. The first kappa shape index (κ1) is 61.1. The van der Waals surface area contributed by atoms with Gasteiger partial charge in [-0.25, -0.2) is 9.97 Å². The summed E-state index contributed by atoms with van der Waals surface area (Å²) in [6.07, 6.45) is 9.16. The third-order valence-electron chi connectivity index (χ3n) is 17.4. The molecule has 0 amide bonds. The SMILES string of the molecule is CC(C)C(O)(c1ccc2cc(-c3ccco3)ccc2c1)c1cn(C(c2ccccc2)(c2ccccc2)c2ccccc2)cn1.CC(C)C(O)(c1ccc2cc(OS(=O)(=O)C(F)(F)F)ccc2c1)c1cn(C(c2ccccc2)(c2ccccc2)c2ccccc2)cn1. The molecule has 0 bridgehead atoms. The maximum Gasteiger partial charge on any atom is 0.534 e. The summed E-state index contributed by atoms with van der Waals surface area (Å²) in [5.41, 5.74) is -0.390. The topological polar surface area (TPSA) is 133 Å². The van der Waals surface area contributed by atoms with Gasteiger partial charge in [-0.3, -0.25) is 0 Å². The number of rotatable bonds is 17. The molecule has 14 heteroatoms. The van der Waals surface area contributed by atoms with Gasteiger partial charge in [0.2, 0.25) is 0 Å². The van der Waals surface area contributed by atoms with Crippen molar-refractivity contribution >= 4 is 31.7 Å². The van der Waals surface area contributed by atoms with Gasteiger partial charge in [0, 0.05) is 18.0 Å². The molecule has 0 radical (unpaired) electrons. The Morgan fingerprint density at radius 1 is 0.418 bits per heavy atom. The highest BCUT2D eigenvalue weighted by Gasteiger charge is 2.49. The number of furan rings is 1. The highest BCUT2D eigenvalue weighted by Crippen LogP contribution is 2.46. The molecule has 0 aliphatic carbocycles. The molecular formula is C77H65F3N4O6S. The van der Waals surface area contributed by atoms with E-state index in [0.29, 0.717) is 27.7 Å². The van der Waals surface area contributed by atoms with Crippen molar-refractivity contribution in [2.24, 2.45) is 11.8 Å². The summed E-state index contributed by atoms with van der Waals surface area (Å²) >= 11 is 0. The zero-order valence-corrected chi connectivity index (χ0v) is 51.1. The van der Waals surface area contributed by atoms with E-state index in [4.69, 9.17) is 14.4 Å². The largest absolute Gasteiger partial charge is 0.534 e. The molecule has 3 aromatic heterocycles. The van der Waals surface area contributed by atoms with Crippen molar-refractivity contribution in [1.29, 1.82) is 0 Å². The summed E-state index contributed by atoms with van der Waals surface area (Å²) in [6, 6.07) is 86.8. The van der Waals surface area contributed by atoms with Crippen LogP contribution < -0.4 is 4.18 Å². The second-order valence-corrected chi connectivity index (χ2v) is 24.8. The summed E-state index contributed by atoms with van der Waals surface area (Å²) in [6.45, 7) is 7.84. The van der Waals surface area contributed by atoms with Gasteiger partial charge in [-0.15, -0.1) is 0 Å². The number of hydrogen-bond acceptors (Lipinski definition) is 8. The highest BCUT2D eigenvalue weighted by atomic mass is 32.2. The summed E-state index contributed by atoms with van der Waals surface area (Å²) in [7, 11) is -5.82. The molecule has 0 saturated carbocycles. The number of halogens is 3. The Morgan fingerprint density at radius 2 is 0.758 bits per heavy atom. The maximum absolute atomic E-state index is 12.9. The number of benzene rings is 10. The highest BCUT2D eigenvalue weighted by molar-refractivity contribution is 7.88. The Morgan fingerprint density at radius 3 is 1.10 bits per heavy atom. The van der Waals surface area contributed by atoms with Crippen LogP contribution in [0.1, 0.15) is 83.6 Å². The van der Waals surface area contributed by atoms with Crippen molar-refractivity contribution in [1.82, 2.24) is 19.1 Å². The molecule has 0 aliphatic heterocycles. The van der Waals surface area contributed by atoms with Crippen LogP contribution in [-0.2, 0) is 32.4 Å². The van der Waals surface area contributed by atoms with Gasteiger partial charge in [0.25, 0.3) is 0 Å². The molecule has 13 aromatic rings. The predicted molar refractivity (Wildman–Crippen MR) is 351 cm³/mol. The van der Waals surface area contributed by atoms with Crippen LogP contribution in [0.25, 0.3) is 32.9 Å². The van der Waals surface area contributed by atoms with Crippen LogP contribution in [0, 0.1) is 11.8 Å². The minimum Gasteiger partial charge on any atom is -0.464 e. The van der Waals surface area contributed by atoms with Gasteiger partial charge in [0.15, 0.2) is 0 Å². The number of hydrogen-bond donors (Lipinski definition) is 2. The van der Waals surface area contributed by atoms with Crippen LogP contribution in [0.4, 0.5) is 13.2 Å².